The van der Waals surface area contributed by atoms with Crippen LogP contribution < -0.4 is 10.0 Å². The summed E-state index contributed by atoms with van der Waals surface area (Å²) in [6, 6.07) is 10.1. The second-order valence-electron chi connectivity index (χ2n) is 7.73. The molecular formula is C21H29N3O3S2. The molecule has 1 aromatic heterocycles. The molecule has 2 heterocycles. The molecule has 0 radical (unpaired) electrons. The molecule has 1 saturated heterocycles. The van der Waals surface area contributed by atoms with Crippen molar-refractivity contribution in [2.24, 2.45) is 5.92 Å². The van der Waals surface area contributed by atoms with Crippen LogP contribution in [0.2, 0.25) is 0 Å². The van der Waals surface area contributed by atoms with Gasteiger partial charge in [-0.2, -0.15) is 0 Å². The summed E-state index contributed by atoms with van der Waals surface area (Å²) >= 11 is 1.50. The zero-order valence-electron chi connectivity index (χ0n) is 16.9. The zero-order valence-corrected chi connectivity index (χ0v) is 18.6. The predicted octanol–water partition coefficient (Wildman–Crippen LogP) is 3.08. The second kappa shape index (κ2) is 9.84. The number of amides is 1. The van der Waals surface area contributed by atoms with E-state index in [1.54, 1.807) is 12.1 Å². The lowest BCUT2D eigenvalue weighted by Gasteiger charge is -2.35. The van der Waals surface area contributed by atoms with Crippen molar-refractivity contribution in [3.8, 4) is 0 Å². The number of carbonyl (C=O) groups excluding carboxylic acids is 1. The number of sulfonamides is 1. The Bertz CT molecular complexity index is 896. The lowest BCUT2D eigenvalue weighted by molar-refractivity contribution is 0.0917. The maximum absolute atomic E-state index is 12.4. The molecule has 29 heavy (non-hydrogen) atoms. The Morgan fingerprint density at radius 2 is 2.03 bits per heavy atom. The van der Waals surface area contributed by atoms with Crippen LogP contribution in [0.25, 0.3) is 0 Å². The molecule has 0 bridgehead atoms. The van der Waals surface area contributed by atoms with E-state index in [1.165, 1.54) is 36.3 Å². The molecule has 6 nitrogen and oxygen atoms in total. The van der Waals surface area contributed by atoms with Gasteiger partial charge in [-0.05, 0) is 67.9 Å². The number of hydrogen-bond acceptors (Lipinski definition) is 5. The molecule has 1 aliphatic rings. The number of nitrogens with one attached hydrogen (secondary N) is 2. The maximum atomic E-state index is 12.4. The number of nitrogens with zero attached hydrogens (tertiary/aromatic N) is 1. The van der Waals surface area contributed by atoms with Gasteiger partial charge in [0, 0.05) is 36.1 Å². The van der Waals surface area contributed by atoms with Crippen LogP contribution >= 0.6 is 11.3 Å². The Kier molecular flexibility index (Phi) is 7.45. The van der Waals surface area contributed by atoms with E-state index >= 15 is 0 Å². The van der Waals surface area contributed by atoms with E-state index < -0.39 is 10.0 Å². The summed E-state index contributed by atoms with van der Waals surface area (Å²) in [5, 5.41) is 4.87. The van der Waals surface area contributed by atoms with E-state index in [0.29, 0.717) is 18.0 Å². The van der Waals surface area contributed by atoms with Crippen LogP contribution in [0.5, 0.6) is 0 Å². The molecule has 2 atom stereocenters. The van der Waals surface area contributed by atoms with Crippen molar-refractivity contribution >= 4 is 27.3 Å². The first kappa shape index (κ1) is 22.0. The summed E-state index contributed by atoms with van der Waals surface area (Å²) in [4.78, 5) is 16.0. The SMILES string of the molecule is CC1CCCN(C(C)CNC(=O)c2ccc(S(=O)(=O)NCc3cccs3)cc2)C1. The fraction of sp³-hybridized carbons (Fsp3) is 0.476. The number of rotatable bonds is 8. The Labute approximate surface area is 177 Å². The van der Waals surface area contributed by atoms with Crippen LogP contribution in [0.4, 0.5) is 0 Å². The third-order valence-corrected chi connectivity index (χ3v) is 7.61. The number of piperidine rings is 1. The van der Waals surface area contributed by atoms with Crippen LogP contribution in [-0.2, 0) is 16.6 Å². The minimum atomic E-state index is -3.61. The van der Waals surface area contributed by atoms with Crippen LogP contribution in [0, 0.1) is 5.92 Å². The molecule has 2 unspecified atom stereocenters. The van der Waals surface area contributed by atoms with Gasteiger partial charge in [0.15, 0.2) is 0 Å². The van der Waals surface area contributed by atoms with Crippen LogP contribution in [0.3, 0.4) is 0 Å². The molecular weight excluding hydrogens is 406 g/mol. The fourth-order valence-corrected chi connectivity index (χ4v) is 5.29. The van der Waals surface area contributed by atoms with Gasteiger partial charge in [0.1, 0.15) is 0 Å². The summed E-state index contributed by atoms with van der Waals surface area (Å²) in [7, 11) is -3.61. The molecule has 1 fully saturated rings. The van der Waals surface area contributed by atoms with Crippen LogP contribution in [-0.4, -0.2) is 44.9 Å². The first-order valence-electron chi connectivity index (χ1n) is 9.99. The lowest BCUT2D eigenvalue weighted by Crippen LogP contribution is -2.46. The lowest BCUT2D eigenvalue weighted by atomic mass is 9.99. The minimum Gasteiger partial charge on any atom is -0.350 e. The molecule has 1 aliphatic heterocycles. The number of hydrogen-bond donors (Lipinski definition) is 2. The van der Waals surface area contributed by atoms with E-state index in [9.17, 15) is 13.2 Å². The molecule has 2 N–H and O–H groups in total. The summed E-state index contributed by atoms with van der Waals surface area (Å²) in [5.41, 5.74) is 0.460. The van der Waals surface area contributed by atoms with Crippen molar-refractivity contribution in [3.05, 3.63) is 52.2 Å². The molecule has 1 amide bonds. The summed E-state index contributed by atoms with van der Waals surface area (Å²) < 4.78 is 27.4. The molecule has 1 aromatic carbocycles. The monoisotopic (exact) mass is 435 g/mol. The van der Waals surface area contributed by atoms with E-state index in [-0.39, 0.29) is 23.4 Å². The van der Waals surface area contributed by atoms with Gasteiger partial charge in [0.05, 0.1) is 4.90 Å². The number of benzene rings is 1. The van der Waals surface area contributed by atoms with Crippen molar-refractivity contribution < 1.29 is 13.2 Å². The molecule has 2 aromatic rings. The van der Waals surface area contributed by atoms with Gasteiger partial charge in [-0.1, -0.05) is 13.0 Å². The smallest absolute Gasteiger partial charge is 0.251 e. The maximum Gasteiger partial charge on any atom is 0.251 e. The molecule has 3 rings (SSSR count). The average molecular weight is 436 g/mol. The quantitative estimate of drug-likeness (QED) is 0.668. The van der Waals surface area contributed by atoms with Gasteiger partial charge in [-0.25, -0.2) is 13.1 Å². The van der Waals surface area contributed by atoms with Crippen molar-refractivity contribution in [3.63, 3.8) is 0 Å². The Morgan fingerprint density at radius 3 is 2.69 bits per heavy atom. The predicted molar refractivity (Wildman–Crippen MR) is 117 cm³/mol. The highest BCUT2D eigenvalue weighted by Gasteiger charge is 2.21. The van der Waals surface area contributed by atoms with Crippen molar-refractivity contribution in [1.29, 1.82) is 0 Å². The third-order valence-electron chi connectivity index (χ3n) is 5.31. The van der Waals surface area contributed by atoms with Gasteiger partial charge in [-0.15, -0.1) is 11.3 Å². The van der Waals surface area contributed by atoms with Gasteiger partial charge in [0.2, 0.25) is 10.0 Å². The van der Waals surface area contributed by atoms with Crippen molar-refractivity contribution in [2.45, 2.75) is 44.2 Å². The van der Waals surface area contributed by atoms with Gasteiger partial charge in [0.25, 0.3) is 5.91 Å². The van der Waals surface area contributed by atoms with Gasteiger partial charge >= 0.3 is 0 Å². The molecule has 158 valence electrons. The number of thiophene rings is 1. The highest BCUT2D eigenvalue weighted by atomic mass is 32.2. The highest BCUT2D eigenvalue weighted by Crippen LogP contribution is 2.17. The standard InChI is InChI=1S/C21H29N3O3S2/c1-16-5-3-11-24(15-16)17(2)13-22-21(25)18-7-9-20(10-8-18)29(26,27)23-14-19-6-4-12-28-19/h4,6-10,12,16-17,23H,3,5,11,13-15H2,1-2H3,(H,22,25). The third kappa shape index (κ3) is 6.12. The topological polar surface area (TPSA) is 78.5 Å². The Hall–Kier alpha value is -1.74. The molecule has 0 spiro atoms. The highest BCUT2D eigenvalue weighted by molar-refractivity contribution is 7.89. The number of carbonyl (C=O) groups is 1. The first-order chi connectivity index (χ1) is 13.8. The second-order valence-corrected chi connectivity index (χ2v) is 10.5. The normalized spacial score (nSPS) is 19.0. The Balaban J connectivity index is 1.52. The molecule has 0 saturated carbocycles. The molecule has 0 aliphatic carbocycles. The van der Waals surface area contributed by atoms with Gasteiger partial charge < -0.3 is 5.32 Å². The minimum absolute atomic E-state index is 0.154. The first-order valence-corrected chi connectivity index (χ1v) is 12.4. The fourth-order valence-electron chi connectivity index (χ4n) is 3.55. The summed E-state index contributed by atoms with van der Waals surface area (Å²) in [6.45, 7) is 7.38. The molecule has 8 heteroatoms. The van der Waals surface area contributed by atoms with Gasteiger partial charge in [-0.3, -0.25) is 9.69 Å². The van der Waals surface area contributed by atoms with E-state index in [4.69, 9.17) is 0 Å². The Morgan fingerprint density at radius 1 is 1.28 bits per heavy atom. The number of likely N-dealkylation sites (tertiary alicyclic amines) is 1. The van der Waals surface area contributed by atoms with E-state index in [1.807, 2.05) is 17.5 Å². The zero-order chi connectivity index (χ0) is 20.9. The largest absolute Gasteiger partial charge is 0.350 e. The van der Waals surface area contributed by atoms with E-state index in [0.717, 1.165) is 18.0 Å². The summed E-state index contributed by atoms with van der Waals surface area (Å²) in [6.07, 6.45) is 2.48. The summed E-state index contributed by atoms with van der Waals surface area (Å²) in [5.74, 6) is 0.516. The van der Waals surface area contributed by atoms with Crippen molar-refractivity contribution in [1.82, 2.24) is 14.9 Å². The van der Waals surface area contributed by atoms with Crippen LogP contribution in [0.15, 0.2) is 46.7 Å². The van der Waals surface area contributed by atoms with Crippen LogP contribution in [0.1, 0.15) is 41.9 Å². The average Bonchev–Trinajstić information content (AvgIpc) is 3.24. The van der Waals surface area contributed by atoms with Crippen molar-refractivity contribution in [2.75, 3.05) is 19.6 Å². The van der Waals surface area contributed by atoms with E-state index in [2.05, 4.69) is 28.8 Å².